The van der Waals surface area contributed by atoms with Crippen molar-refractivity contribution in [3.05, 3.63) is 30.3 Å². The van der Waals surface area contributed by atoms with Crippen LogP contribution in [0.5, 0.6) is 0 Å². The van der Waals surface area contributed by atoms with Crippen molar-refractivity contribution in [3.8, 4) is 5.69 Å². The summed E-state index contributed by atoms with van der Waals surface area (Å²) in [6.45, 7) is 0.561. The number of tetrazole rings is 1. The average molecular weight is 219 g/mol. The highest BCUT2D eigenvalue weighted by molar-refractivity contribution is 5.39. The minimum atomic E-state index is 0.0676. The predicted molar refractivity (Wildman–Crippen MR) is 59.5 cm³/mol. The number of likely N-dealkylation sites (N-methyl/N-ethyl adjacent to an activating group) is 1. The van der Waals surface area contributed by atoms with Crippen LogP contribution in [0.15, 0.2) is 30.3 Å². The van der Waals surface area contributed by atoms with Crippen LogP contribution >= 0.6 is 0 Å². The second-order valence-electron chi connectivity index (χ2n) is 3.37. The molecule has 6 heteroatoms. The Morgan fingerprint density at radius 2 is 2.06 bits per heavy atom. The molecule has 0 radical (unpaired) electrons. The molecule has 2 rings (SSSR count). The van der Waals surface area contributed by atoms with Crippen molar-refractivity contribution in [2.45, 2.75) is 0 Å². The summed E-state index contributed by atoms with van der Waals surface area (Å²) in [5, 5.41) is 20.4. The Hall–Kier alpha value is -1.95. The lowest BCUT2D eigenvalue weighted by Gasteiger charge is -2.15. The van der Waals surface area contributed by atoms with Crippen LogP contribution in [0.2, 0.25) is 0 Å². The zero-order chi connectivity index (χ0) is 11.4. The topological polar surface area (TPSA) is 67.1 Å². The van der Waals surface area contributed by atoms with Crippen molar-refractivity contribution < 1.29 is 5.11 Å². The molecule has 1 heterocycles. The summed E-state index contributed by atoms with van der Waals surface area (Å²) in [5.74, 6) is 0.611. The summed E-state index contributed by atoms with van der Waals surface area (Å²) in [6.07, 6.45) is 0. The molecule has 0 fully saturated rings. The normalized spacial score (nSPS) is 10.4. The van der Waals surface area contributed by atoms with Gasteiger partial charge in [0.25, 0.3) is 0 Å². The standard InChI is InChI=1S/C10H13N5O/c1-14(7-8-16)10-11-12-13-15(10)9-5-3-2-4-6-9/h2-6,16H,7-8H2,1H3. The van der Waals surface area contributed by atoms with E-state index in [9.17, 15) is 0 Å². The number of hydrogen-bond acceptors (Lipinski definition) is 5. The molecule has 0 unspecified atom stereocenters. The number of nitrogens with zero attached hydrogens (tertiary/aromatic N) is 5. The first kappa shape index (κ1) is 10.6. The quantitative estimate of drug-likeness (QED) is 0.789. The molecule has 0 atom stereocenters. The molecule has 1 aromatic heterocycles. The maximum atomic E-state index is 8.88. The number of para-hydroxylation sites is 1. The maximum Gasteiger partial charge on any atom is 0.250 e. The number of aromatic nitrogens is 4. The van der Waals surface area contributed by atoms with Gasteiger partial charge in [-0.05, 0) is 22.6 Å². The fourth-order valence-electron chi connectivity index (χ4n) is 1.41. The van der Waals surface area contributed by atoms with Crippen LogP contribution in [0.3, 0.4) is 0 Å². The number of rotatable bonds is 4. The smallest absolute Gasteiger partial charge is 0.250 e. The van der Waals surface area contributed by atoms with E-state index in [4.69, 9.17) is 5.11 Å². The van der Waals surface area contributed by atoms with Crippen LogP contribution in [0, 0.1) is 0 Å². The fraction of sp³-hybridized carbons (Fsp3) is 0.300. The Labute approximate surface area is 93.1 Å². The van der Waals surface area contributed by atoms with Crippen molar-refractivity contribution in [3.63, 3.8) is 0 Å². The zero-order valence-corrected chi connectivity index (χ0v) is 8.98. The second-order valence-corrected chi connectivity index (χ2v) is 3.37. The third-order valence-electron chi connectivity index (χ3n) is 2.23. The van der Waals surface area contributed by atoms with E-state index < -0.39 is 0 Å². The van der Waals surface area contributed by atoms with Gasteiger partial charge < -0.3 is 10.0 Å². The van der Waals surface area contributed by atoms with Crippen LogP contribution < -0.4 is 4.90 Å². The van der Waals surface area contributed by atoms with Crippen molar-refractivity contribution in [2.24, 2.45) is 0 Å². The molecular weight excluding hydrogens is 206 g/mol. The average Bonchev–Trinajstić information content (AvgIpc) is 2.79. The van der Waals surface area contributed by atoms with Crippen molar-refractivity contribution in [1.82, 2.24) is 20.2 Å². The molecule has 0 aliphatic carbocycles. The number of anilines is 1. The predicted octanol–water partition coefficient (Wildman–Crippen LogP) is 0.0908. The highest BCUT2D eigenvalue weighted by Gasteiger charge is 2.11. The molecule has 84 valence electrons. The molecule has 6 nitrogen and oxygen atoms in total. The summed E-state index contributed by atoms with van der Waals surface area (Å²) in [5.41, 5.74) is 0.896. The molecule has 2 aromatic rings. The second kappa shape index (κ2) is 4.71. The van der Waals surface area contributed by atoms with Crippen LogP contribution in [0.1, 0.15) is 0 Å². The van der Waals surface area contributed by atoms with Gasteiger partial charge in [-0.1, -0.05) is 23.3 Å². The highest BCUT2D eigenvalue weighted by Crippen LogP contribution is 2.13. The summed E-state index contributed by atoms with van der Waals surface area (Å²) >= 11 is 0. The molecule has 0 aliphatic rings. The molecular formula is C10H13N5O. The molecule has 0 bridgehead atoms. The van der Waals surface area contributed by atoms with E-state index in [1.807, 2.05) is 37.4 Å². The Bertz CT molecular complexity index is 441. The van der Waals surface area contributed by atoms with E-state index in [0.717, 1.165) is 5.69 Å². The Kier molecular flexibility index (Phi) is 3.11. The van der Waals surface area contributed by atoms with Crippen molar-refractivity contribution in [1.29, 1.82) is 0 Å². The maximum absolute atomic E-state index is 8.88. The van der Waals surface area contributed by atoms with Gasteiger partial charge in [-0.3, -0.25) is 0 Å². The van der Waals surface area contributed by atoms with Crippen LogP contribution in [0.25, 0.3) is 5.69 Å². The Morgan fingerprint density at radius 1 is 1.31 bits per heavy atom. The number of hydrogen-bond donors (Lipinski definition) is 1. The Morgan fingerprint density at radius 3 is 2.75 bits per heavy atom. The minimum Gasteiger partial charge on any atom is -0.395 e. The van der Waals surface area contributed by atoms with E-state index in [1.165, 1.54) is 0 Å². The van der Waals surface area contributed by atoms with E-state index in [-0.39, 0.29) is 6.61 Å². The summed E-state index contributed by atoms with van der Waals surface area (Å²) in [4.78, 5) is 1.80. The molecule has 0 spiro atoms. The highest BCUT2D eigenvalue weighted by atomic mass is 16.3. The first-order chi connectivity index (χ1) is 7.83. The van der Waals surface area contributed by atoms with Crippen LogP contribution in [-0.4, -0.2) is 45.5 Å². The number of aliphatic hydroxyl groups excluding tert-OH is 1. The van der Waals surface area contributed by atoms with Crippen molar-refractivity contribution >= 4 is 5.95 Å². The van der Waals surface area contributed by atoms with Gasteiger partial charge in [0.2, 0.25) is 5.95 Å². The number of aliphatic hydroxyl groups is 1. The van der Waals surface area contributed by atoms with Gasteiger partial charge in [0.05, 0.1) is 12.3 Å². The van der Waals surface area contributed by atoms with E-state index in [0.29, 0.717) is 12.5 Å². The van der Waals surface area contributed by atoms with E-state index in [1.54, 1.807) is 9.58 Å². The van der Waals surface area contributed by atoms with Crippen molar-refractivity contribution in [2.75, 3.05) is 25.1 Å². The van der Waals surface area contributed by atoms with Gasteiger partial charge in [0.1, 0.15) is 0 Å². The zero-order valence-electron chi connectivity index (χ0n) is 8.98. The first-order valence-corrected chi connectivity index (χ1v) is 4.98. The first-order valence-electron chi connectivity index (χ1n) is 4.98. The molecule has 0 amide bonds. The molecule has 1 aromatic carbocycles. The van der Waals surface area contributed by atoms with Gasteiger partial charge in [-0.25, -0.2) is 0 Å². The number of benzene rings is 1. The van der Waals surface area contributed by atoms with E-state index in [2.05, 4.69) is 15.5 Å². The third kappa shape index (κ3) is 2.01. The molecule has 0 saturated carbocycles. The molecule has 0 aliphatic heterocycles. The molecule has 1 N–H and O–H groups in total. The van der Waals surface area contributed by atoms with Gasteiger partial charge in [-0.2, -0.15) is 4.68 Å². The van der Waals surface area contributed by atoms with Crippen LogP contribution in [0.4, 0.5) is 5.95 Å². The SMILES string of the molecule is CN(CCO)c1nnnn1-c1ccccc1. The largest absolute Gasteiger partial charge is 0.395 e. The molecule has 16 heavy (non-hydrogen) atoms. The Balaban J connectivity index is 2.33. The van der Waals surface area contributed by atoms with Gasteiger partial charge in [0.15, 0.2) is 0 Å². The van der Waals surface area contributed by atoms with Crippen LogP contribution in [-0.2, 0) is 0 Å². The summed E-state index contributed by atoms with van der Waals surface area (Å²) in [6, 6.07) is 9.63. The summed E-state index contributed by atoms with van der Waals surface area (Å²) < 4.78 is 1.63. The van der Waals surface area contributed by atoms with Gasteiger partial charge in [0, 0.05) is 13.6 Å². The summed E-state index contributed by atoms with van der Waals surface area (Å²) in [7, 11) is 1.83. The molecule has 0 saturated heterocycles. The third-order valence-corrected chi connectivity index (χ3v) is 2.23. The van der Waals surface area contributed by atoms with Gasteiger partial charge in [-0.15, -0.1) is 0 Å². The lowest BCUT2D eigenvalue weighted by atomic mass is 10.3. The van der Waals surface area contributed by atoms with Gasteiger partial charge >= 0.3 is 0 Å². The van der Waals surface area contributed by atoms with E-state index >= 15 is 0 Å². The monoisotopic (exact) mass is 219 g/mol. The fourth-order valence-corrected chi connectivity index (χ4v) is 1.41. The minimum absolute atomic E-state index is 0.0676. The lowest BCUT2D eigenvalue weighted by molar-refractivity contribution is 0.303. The lowest BCUT2D eigenvalue weighted by Crippen LogP contribution is -2.24.